The van der Waals surface area contributed by atoms with Crippen LogP contribution in [0.5, 0.6) is 0 Å². The van der Waals surface area contributed by atoms with Crippen LogP contribution in [0.3, 0.4) is 0 Å². The topological polar surface area (TPSA) is 18.5 Å². The quantitative estimate of drug-likeness (QED) is 0.470. The van der Waals surface area contributed by atoms with Gasteiger partial charge in [0.15, 0.2) is 0 Å². The maximum absolute atomic E-state index is 5.46. The number of hydrogen-bond donors (Lipinski definition) is 0. The lowest BCUT2D eigenvalue weighted by molar-refractivity contribution is 0.253. The molecule has 0 rings (SSSR count). The normalized spacial score (nSPS) is 11.5. The smallest absolute Gasteiger partial charge is 0.204 e. The molecule has 0 N–H and O–H groups in total. The number of rotatable bonds is 6. The summed E-state index contributed by atoms with van der Waals surface area (Å²) in [6.45, 7) is 10.4. The Balaban J connectivity index is 2.91. The van der Waals surface area contributed by atoms with Crippen LogP contribution < -0.4 is 0 Å². The maximum atomic E-state index is 5.46. The Morgan fingerprint density at radius 1 is 0.818 bits per heavy atom. The molecular weight excluding hydrogens is 172 g/mol. The molecule has 11 heavy (non-hydrogen) atoms. The molecule has 0 unspecified atom stereocenters. The van der Waals surface area contributed by atoms with Crippen LogP contribution in [0.1, 0.15) is 6.42 Å². The van der Waals surface area contributed by atoms with E-state index in [0.29, 0.717) is 0 Å². The summed E-state index contributed by atoms with van der Waals surface area (Å²) in [5.41, 5.74) is 0. The summed E-state index contributed by atoms with van der Waals surface area (Å²) in [4.78, 5) is 0. The fourth-order valence-corrected chi connectivity index (χ4v) is 1.72. The van der Waals surface area contributed by atoms with Gasteiger partial charge in [-0.15, -0.1) is 0 Å². The maximum Gasteiger partial charge on any atom is 0.204 e. The third-order valence-corrected chi connectivity index (χ3v) is 2.63. The summed E-state index contributed by atoms with van der Waals surface area (Å²) in [7, 11) is -0.965. The van der Waals surface area contributed by atoms with Crippen molar-refractivity contribution >= 4 is 18.1 Å². The lowest BCUT2D eigenvalue weighted by atomic mass is 10.5. The summed E-state index contributed by atoms with van der Waals surface area (Å²) in [6.07, 6.45) is 1.05. The molecule has 0 aliphatic heterocycles. The Kier molecular flexibility index (Phi) is 7.25. The zero-order valence-corrected chi connectivity index (χ0v) is 9.94. The molecule has 2 radical (unpaired) electrons. The summed E-state index contributed by atoms with van der Waals surface area (Å²) in [6, 6.07) is 0. The SMILES string of the molecule is C[Si](C)OCCCO[Si](C)C. The Morgan fingerprint density at radius 2 is 1.18 bits per heavy atom. The molecule has 0 aromatic carbocycles. The van der Waals surface area contributed by atoms with Gasteiger partial charge in [0.05, 0.1) is 0 Å². The second-order valence-electron chi connectivity index (χ2n) is 2.87. The third kappa shape index (κ3) is 10.4. The predicted molar refractivity (Wildman–Crippen MR) is 51.5 cm³/mol. The molecule has 0 bridgehead atoms. The van der Waals surface area contributed by atoms with Crippen molar-refractivity contribution in [1.82, 2.24) is 0 Å². The molecule has 4 heteroatoms. The van der Waals surface area contributed by atoms with E-state index in [2.05, 4.69) is 26.2 Å². The molecule has 0 aliphatic carbocycles. The van der Waals surface area contributed by atoms with E-state index in [1.807, 2.05) is 0 Å². The van der Waals surface area contributed by atoms with Crippen LogP contribution in [0.4, 0.5) is 0 Å². The largest absolute Gasteiger partial charge is 0.417 e. The molecule has 0 saturated heterocycles. The average molecular weight is 190 g/mol. The van der Waals surface area contributed by atoms with Gasteiger partial charge in [0, 0.05) is 13.2 Å². The van der Waals surface area contributed by atoms with E-state index in [1.165, 1.54) is 0 Å². The van der Waals surface area contributed by atoms with Crippen LogP contribution >= 0.6 is 0 Å². The van der Waals surface area contributed by atoms with Crippen molar-refractivity contribution in [2.45, 2.75) is 32.6 Å². The molecule has 0 aromatic rings. The van der Waals surface area contributed by atoms with E-state index in [0.717, 1.165) is 19.6 Å². The molecule has 0 fully saturated rings. The molecule has 0 aliphatic rings. The van der Waals surface area contributed by atoms with Crippen molar-refractivity contribution in [2.24, 2.45) is 0 Å². The summed E-state index contributed by atoms with van der Waals surface area (Å²) >= 11 is 0. The predicted octanol–water partition coefficient (Wildman–Crippen LogP) is 1.91. The van der Waals surface area contributed by atoms with Gasteiger partial charge >= 0.3 is 0 Å². The lowest BCUT2D eigenvalue weighted by Crippen LogP contribution is -2.13. The van der Waals surface area contributed by atoms with E-state index < -0.39 is 18.1 Å². The molecule has 2 nitrogen and oxygen atoms in total. The average Bonchev–Trinajstić information content (AvgIpc) is 1.85. The third-order valence-electron chi connectivity index (χ3n) is 1.07. The van der Waals surface area contributed by atoms with Crippen LogP contribution in [0, 0.1) is 0 Å². The summed E-state index contributed by atoms with van der Waals surface area (Å²) < 4.78 is 10.9. The molecule has 0 amide bonds. The Bertz CT molecular complexity index is 76.5. The lowest BCUT2D eigenvalue weighted by Gasteiger charge is -2.07. The molecule has 0 spiro atoms. The fraction of sp³-hybridized carbons (Fsp3) is 1.00. The molecule has 66 valence electrons. The minimum absolute atomic E-state index is 0.482. The van der Waals surface area contributed by atoms with Crippen molar-refractivity contribution in [3.8, 4) is 0 Å². The standard InChI is InChI=1S/C7H18O2Si2/c1-10(2)8-6-5-7-9-11(3)4/h5-7H2,1-4H3. The molecule has 0 aromatic heterocycles. The first-order valence-corrected chi connectivity index (χ1v) is 8.80. The molecule has 0 heterocycles. The van der Waals surface area contributed by atoms with Crippen LogP contribution in [0.25, 0.3) is 0 Å². The fourth-order valence-electron chi connectivity index (χ4n) is 0.612. The van der Waals surface area contributed by atoms with Gasteiger partial charge in [-0.25, -0.2) is 0 Å². The van der Waals surface area contributed by atoms with Gasteiger partial charge in [-0.2, -0.15) is 0 Å². The molecule has 0 saturated carbocycles. The van der Waals surface area contributed by atoms with Gasteiger partial charge in [0.2, 0.25) is 18.1 Å². The van der Waals surface area contributed by atoms with Gasteiger partial charge in [-0.3, -0.25) is 0 Å². The highest BCUT2D eigenvalue weighted by Crippen LogP contribution is 1.90. The highest BCUT2D eigenvalue weighted by molar-refractivity contribution is 6.48. The molecule has 0 atom stereocenters. The van der Waals surface area contributed by atoms with Gasteiger partial charge < -0.3 is 8.85 Å². The van der Waals surface area contributed by atoms with E-state index >= 15 is 0 Å². The van der Waals surface area contributed by atoms with Gasteiger partial charge in [0.1, 0.15) is 0 Å². The number of hydrogen-bond acceptors (Lipinski definition) is 2. The van der Waals surface area contributed by atoms with E-state index in [9.17, 15) is 0 Å². The van der Waals surface area contributed by atoms with Crippen molar-refractivity contribution in [3.63, 3.8) is 0 Å². The second-order valence-corrected chi connectivity index (χ2v) is 7.08. The van der Waals surface area contributed by atoms with E-state index in [-0.39, 0.29) is 0 Å². The van der Waals surface area contributed by atoms with Crippen molar-refractivity contribution < 1.29 is 8.85 Å². The Labute approximate surface area is 73.4 Å². The molecular formula is C7H18O2Si2. The monoisotopic (exact) mass is 190 g/mol. The van der Waals surface area contributed by atoms with E-state index in [1.54, 1.807) is 0 Å². The van der Waals surface area contributed by atoms with Crippen molar-refractivity contribution in [2.75, 3.05) is 13.2 Å². The highest BCUT2D eigenvalue weighted by atomic mass is 28.3. The first-order chi connectivity index (χ1) is 5.13. The van der Waals surface area contributed by atoms with E-state index in [4.69, 9.17) is 8.85 Å². The van der Waals surface area contributed by atoms with Gasteiger partial charge in [0.25, 0.3) is 0 Å². The first kappa shape index (κ1) is 11.4. The van der Waals surface area contributed by atoms with Crippen molar-refractivity contribution in [3.05, 3.63) is 0 Å². The Morgan fingerprint density at radius 3 is 1.45 bits per heavy atom. The van der Waals surface area contributed by atoms with Crippen molar-refractivity contribution in [1.29, 1.82) is 0 Å². The van der Waals surface area contributed by atoms with Crippen LogP contribution in [0.15, 0.2) is 0 Å². The Hall–Kier alpha value is 0.354. The van der Waals surface area contributed by atoms with Gasteiger partial charge in [-0.05, 0) is 32.6 Å². The van der Waals surface area contributed by atoms with Crippen LogP contribution in [-0.2, 0) is 8.85 Å². The first-order valence-electron chi connectivity index (χ1n) is 3.99. The zero-order chi connectivity index (χ0) is 8.69. The zero-order valence-electron chi connectivity index (χ0n) is 7.94. The minimum atomic E-state index is -0.482. The second kappa shape index (κ2) is 7.03. The summed E-state index contributed by atoms with van der Waals surface area (Å²) in [5.74, 6) is 0. The van der Waals surface area contributed by atoms with Gasteiger partial charge in [-0.1, -0.05) is 0 Å². The minimum Gasteiger partial charge on any atom is -0.417 e. The summed E-state index contributed by atoms with van der Waals surface area (Å²) in [5, 5.41) is 0. The highest BCUT2D eigenvalue weighted by Gasteiger charge is 1.98. The van der Waals surface area contributed by atoms with Crippen LogP contribution in [-0.4, -0.2) is 31.3 Å². The van der Waals surface area contributed by atoms with Crippen LogP contribution in [0.2, 0.25) is 26.2 Å².